The van der Waals surface area contributed by atoms with Gasteiger partial charge in [-0.15, -0.1) is 0 Å². The number of carboxylic acid groups (broad SMARTS) is 1. The maximum absolute atomic E-state index is 10.2. The molecule has 0 saturated carbocycles. The highest BCUT2D eigenvalue weighted by Gasteiger charge is 2.23. The molecule has 1 aromatic rings. The molecule has 0 aliphatic heterocycles. The van der Waals surface area contributed by atoms with E-state index in [-0.39, 0.29) is 0 Å². The zero-order valence-electron chi connectivity index (χ0n) is 5.18. The lowest BCUT2D eigenvalue weighted by atomic mass is 10.3. The molecule has 0 aliphatic carbocycles. The maximum atomic E-state index is 10.2. The van der Waals surface area contributed by atoms with Crippen molar-refractivity contribution in [2.75, 3.05) is 0 Å². The van der Waals surface area contributed by atoms with Crippen molar-refractivity contribution in [2.24, 2.45) is 0 Å². The molecule has 0 unspecified atom stereocenters. The van der Waals surface area contributed by atoms with E-state index in [2.05, 4.69) is 4.42 Å². The summed E-state index contributed by atoms with van der Waals surface area (Å²) in [5.74, 6) is -2.11. The molecule has 6 nitrogen and oxygen atoms in total. The summed E-state index contributed by atoms with van der Waals surface area (Å²) in [6.45, 7) is 0. The largest absolute Gasteiger partial charge is 0.477 e. The van der Waals surface area contributed by atoms with Crippen molar-refractivity contribution in [1.82, 2.24) is 0 Å². The molecule has 58 valence electrons. The van der Waals surface area contributed by atoms with Crippen LogP contribution >= 0.6 is 0 Å². The SMILES string of the molecule is O=C(O)c1ccoc1[N+](=O)[O-]. The number of nitrogens with zero attached hydrogens (tertiary/aromatic N) is 1. The Morgan fingerprint density at radius 3 is 2.73 bits per heavy atom. The van der Waals surface area contributed by atoms with Gasteiger partial charge in [0.2, 0.25) is 0 Å². The van der Waals surface area contributed by atoms with Crippen LogP contribution in [0.15, 0.2) is 16.7 Å². The van der Waals surface area contributed by atoms with Crippen LogP contribution in [0.5, 0.6) is 0 Å². The van der Waals surface area contributed by atoms with E-state index < -0.39 is 22.3 Å². The number of furan rings is 1. The summed E-state index contributed by atoms with van der Waals surface area (Å²) < 4.78 is 4.31. The third-order valence-corrected chi connectivity index (χ3v) is 1.04. The fourth-order valence-corrected chi connectivity index (χ4v) is 0.605. The highest BCUT2D eigenvalue weighted by molar-refractivity contribution is 5.91. The molecule has 0 atom stereocenters. The standard InChI is InChI=1S/C5H3NO5/c7-5(8)3-1-2-11-4(3)6(9)10/h1-2H,(H,7,8). The molecule has 0 spiro atoms. The molecule has 1 heterocycles. The highest BCUT2D eigenvalue weighted by atomic mass is 16.6. The Hall–Kier alpha value is -1.85. The molecule has 6 heteroatoms. The van der Waals surface area contributed by atoms with Crippen LogP contribution in [0.4, 0.5) is 5.88 Å². The van der Waals surface area contributed by atoms with Gasteiger partial charge in [-0.1, -0.05) is 0 Å². The van der Waals surface area contributed by atoms with Crippen molar-refractivity contribution >= 4 is 11.9 Å². The van der Waals surface area contributed by atoms with Crippen molar-refractivity contribution in [3.8, 4) is 0 Å². The number of carboxylic acids is 1. The smallest absolute Gasteiger partial charge is 0.447 e. The van der Waals surface area contributed by atoms with Gasteiger partial charge in [0.1, 0.15) is 4.92 Å². The molecule has 0 saturated heterocycles. The summed E-state index contributed by atoms with van der Waals surface area (Å²) in [6.07, 6.45) is 0.960. The average molecular weight is 157 g/mol. The number of rotatable bonds is 2. The Morgan fingerprint density at radius 1 is 1.73 bits per heavy atom. The summed E-state index contributed by atoms with van der Waals surface area (Å²) in [6, 6.07) is 1.03. The van der Waals surface area contributed by atoms with Gasteiger partial charge in [-0.05, 0) is 6.07 Å². The van der Waals surface area contributed by atoms with Gasteiger partial charge in [-0.25, -0.2) is 4.79 Å². The van der Waals surface area contributed by atoms with Crippen molar-refractivity contribution in [2.45, 2.75) is 0 Å². The number of aromatic carboxylic acids is 1. The molecule has 1 aromatic heterocycles. The van der Waals surface area contributed by atoms with E-state index >= 15 is 0 Å². The summed E-state index contributed by atoms with van der Waals surface area (Å²) in [4.78, 5) is 19.4. The molecular formula is C5H3NO5. The Morgan fingerprint density at radius 2 is 2.36 bits per heavy atom. The molecule has 0 amide bonds. The molecule has 0 aliphatic rings. The Balaban J connectivity index is 3.16. The van der Waals surface area contributed by atoms with Gasteiger partial charge in [0.15, 0.2) is 5.56 Å². The molecule has 11 heavy (non-hydrogen) atoms. The van der Waals surface area contributed by atoms with Crippen LogP contribution < -0.4 is 0 Å². The van der Waals surface area contributed by atoms with Gasteiger partial charge < -0.3 is 9.52 Å². The Kier molecular flexibility index (Phi) is 1.59. The normalized spacial score (nSPS) is 9.45. The summed E-state index contributed by atoms with van der Waals surface area (Å²) in [7, 11) is 0. The van der Waals surface area contributed by atoms with Crippen LogP contribution in [0.3, 0.4) is 0 Å². The van der Waals surface area contributed by atoms with Crippen LogP contribution in [0.2, 0.25) is 0 Å². The van der Waals surface area contributed by atoms with Gasteiger partial charge in [0.05, 0.1) is 6.26 Å². The third kappa shape index (κ3) is 1.18. The van der Waals surface area contributed by atoms with Crippen molar-refractivity contribution < 1.29 is 19.2 Å². The fraction of sp³-hybridized carbons (Fsp3) is 0. The van der Waals surface area contributed by atoms with Crippen LogP contribution in [-0.2, 0) is 0 Å². The van der Waals surface area contributed by atoms with E-state index in [9.17, 15) is 14.9 Å². The molecule has 1 rings (SSSR count). The summed E-state index contributed by atoms with van der Waals surface area (Å²) >= 11 is 0. The lowest BCUT2D eigenvalue weighted by Gasteiger charge is -1.85. The Bertz CT molecular complexity index is 273. The van der Waals surface area contributed by atoms with Gasteiger partial charge in [0, 0.05) is 0 Å². The minimum Gasteiger partial charge on any atom is -0.477 e. The number of nitro groups is 1. The first kappa shape index (κ1) is 7.26. The second kappa shape index (κ2) is 2.41. The first-order chi connectivity index (χ1) is 5.13. The Labute approximate surface area is 60.2 Å². The molecule has 1 N–H and O–H groups in total. The fourth-order valence-electron chi connectivity index (χ4n) is 0.605. The van der Waals surface area contributed by atoms with Gasteiger partial charge in [-0.3, -0.25) is 10.1 Å². The van der Waals surface area contributed by atoms with Gasteiger partial charge in [-0.2, -0.15) is 0 Å². The second-order valence-electron chi connectivity index (χ2n) is 1.70. The first-order valence-corrected chi connectivity index (χ1v) is 2.58. The van der Waals surface area contributed by atoms with Crippen molar-refractivity contribution in [3.63, 3.8) is 0 Å². The molecule has 0 aromatic carbocycles. The third-order valence-electron chi connectivity index (χ3n) is 1.04. The quantitative estimate of drug-likeness (QED) is 0.508. The lowest BCUT2D eigenvalue weighted by Crippen LogP contribution is -1.98. The summed E-state index contributed by atoms with van der Waals surface area (Å²) in [5, 5.41) is 18.4. The van der Waals surface area contributed by atoms with E-state index in [1.807, 2.05) is 0 Å². The maximum Gasteiger partial charge on any atom is 0.447 e. The average Bonchev–Trinajstić information content (AvgIpc) is 2.32. The van der Waals surface area contributed by atoms with Crippen LogP contribution in [0.25, 0.3) is 0 Å². The lowest BCUT2D eigenvalue weighted by molar-refractivity contribution is -0.402. The van der Waals surface area contributed by atoms with E-state index in [0.29, 0.717) is 0 Å². The first-order valence-electron chi connectivity index (χ1n) is 2.58. The number of hydrogen-bond acceptors (Lipinski definition) is 4. The van der Waals surface area contributed by atoms with Gasteiger partial charge in [0.25, 0.3) is 0 Å². The summed E-state index contributed by atoms with van der Waals surface area (Å²) in [5.41, 5.74) is -0.435. The van der Waals surface area contributed by atoms with E-state index in [1.165, 1.54) is 0 Å². The highest BCUT2D eigenvalue weighted by Crippen LogP contribution is 2.18. The monoisotopic (exact) mass is 157 g/mol. The van der Waals surface area contributed by atoms with Crippen LogP contribution in [0, 0.1) is 10.1 Å². The zero-order valence-corrected chi connectivity index (χ0v) is 5.18. The molecule has 0 radical (unpaired) electrons. The van der Waals surface area contributed by atoms with E-state index in [4.69, 9.17) is 5.11 Å². The number of carbonyl (C=O) groups is 1. The predicted molar refractivity (Wildman–Crippen MR) is 32.3 cm³/mol. The molecule has 0 fully saturated rings. The molecule has 0 bridgehead atoms. The predicted octanol–water partition coefficient (Wildman–Crippen LogP) is 0.886. The van der Waals surface area contributed by atoms with Crippen molar-refractivity contribution in [1.29, 1.82) is 0 Å². The van der Waals surface area contributed by atoms with Crippen molar-refractivity contribution in [3.05, 3.63) is 28.0 Å². The number of hydrogen-bond donors (Lipinski definition) is 1. The van der Waals surface area contributed by atoms with E-state index in [1.54, 1.807) is 0 Å². The zero-order chi connectivity index (χ0) is 8.43. The minimum absolute atomic E-state index is 0.435. The molecular weight excluding hydrogens is 154 g/mol. The minimum atomic E-state index is -1.37. The van der Waals surface area contributed by atoms with Gasteiger partial charge >= 0.3 is 11.9 Å². The van der Waals surface area contributed by atoms with E-state index in [0.717, 1.165) is 12.3 Å². The van der Waals surface area contributed by atoms with Crippen LogP contribution in [-0.4, -0.2) is 16.0 Å². The second-order valence-corrected chi connectivity index (χ2v) is 1.70. The topological polar surface area (TPSA) is 93.6 Å². The van der Waals surface area contributed by atoms with Crippen LogP contribution in [0.1, 0.15) is 10.4 Å².